The molecule has 0 aliphatic heterocycles. The Bertz CT molecular complexity index is 412. The predicted octanol–water partition coefficient (Wildman–Crippen LogP) is 1.39. The van der Waals surface area contributed by atoms with Crippen LogP contribution in [0.15, 0.2) is 12.1 Å². The standard InChI is InChI=1S/C12H17N3O2/c1-9-7-10(2)13-11(8-9)15(4)12(17)14(3)5-6-16/h6-8H,5H2,1-4H3. The van der Waals surface area contributed by atoms with Crippen molar-refractivity contribution in [3.63, 3.8) is 0 Å². The van der Waals surface area contributed by atoms with Crippen molar-refractivity contribution >= 4 is 18.1 Å². The second kappa shape index (κ2) is 5.43. The van der Waals surface area contributed by atoms with Crippen LogP contribution in [0, 0.1) is 13.8 Å². The number of aldehydes is 1. The Morgan fingerprint density at radius 2 is 2.00 bits per heavy atom. The highest BCUT2D eigenvalue weighted by Crippen LogP contribution is 2.14. The van der Waals surface area contributed by atoms with E-state index in [-0.39, 0.29) is 12.6 Å². The molecule has 0 spiro atoms. The maximum atomic E-state index is 11.9. The monoisotopic (exact) mass is 235 g/mol. The van der Waals surface area contributed by atoms with Gasteiger partial charge >= 0.3 is 6.03 Å². The van der Waals surface area contributed by atoms with Crippen LogP contribution >= 0.6 is 0 Å². The van der Waals surface area contributed by atoms with Crippen LogP contribution in [-0.2, 0) is 4.79 Å². The first-order valence-electron chi connectivity index (χ1n) is 5.33. The van der Waals surface area contributed by atoms with Gasteiger partial charge < -0.3 is 9.69 Å². The van der Waals surface area contributed by atoms with E-state index in [2.05, 4.69) is 4.98 Å². The molecule has 92 valence electrons. The lowest BCUT2D eigenvalue weighted by molar-refractivity contribution is -0.108. The van der Waals surface area contributed by atoms with Gasteiger partial charge in [-0.2, -0.15) is 0 Å². The number of hydrogen-bond acceptors (Lipinski definition) is 3. The summed E-state index contributed by atoms with van der Waals surface area (Å²) in [5, 5.41) is 0. The van der Waals surface area contributed by atoms with E-state index in [0.29, 0.717) is 12.1 Å². The zero-order valence-corrected chi connectivity index (χ0v) is 10.6. The number of urea groups is 1. The minimum atomic E-state index is -0.255. The van der Waals surface area contributed by atoms with Crippen LogP contribution in [0.4, 0.5) is 10.6 Å². The van der Waals surface area contributed by atoms with Crippen molar-refractivity contribution in [1.82, 2.24) is 9.88 Å². The highest BCUT2D eigenvalue weighted by Gasteiger charge is 2.16. The minimum Gasteiger partial charge on any atom is -0.320 e. The molecule has 0 unspecified atom stereocenters. The number of aryl methyl sites for hydroxylation is 2. The first-order valence-corrected chi connectivity index (χ1v) is 5.33. The maximum absolute atomic E-state index is 11.9. The lowest BCUT2D eigenvalue weighted by atomic mass is 10.2. The van der Waals surface area contributed by atoms with E-state index in [9.17, 15) is 9.59 Å². The van der Waals surface area contributed by atoms with E-state index in [1.807, 2.05) is 26.0 Å². The molecule has 17 heavy (non-hydrogen) atoms. The number of rotatable bonds is 3. The molecule has 0 saturated carbocycles. The molecular weight excluding hydrogens is 218 g/mol. The third-order valence-electron chi connectivity index (χ3n) is 2.39. The number of amides is 2. The summed E-state index contributed by atoms with van der Waals surface area (Å²) in [6.07, 6.45) is 0.695. The van der Waals surface area contributed by atoms with Gasteiger partial charge in [0.25, 0.3) is 0 Å². The summed E-state index contributed by atoms with van der Waals surface area (Å²) in [5.74, 6) is 0.588. The maximum Gasteiger partial charge on any atom is 0.325 e. The number of anilines is 1. The van der Waals surface area contributed by atoms with E-state index in [1.54, 1.807) is 14.1 Å². The van der Waals surface area contributed by atoms with Gasteiger partial charge in [-0.05, 0) is 31.5 Å². The molecule has 0 aliphatic rings. The van der Waals surface area contributed by atoms with Crippen LogP contribution in [-0.4, -0.2) is 42.8 Å². The second-order valence-corrected chi connectivity index (χ2v) is 4.03. The summed E-state index contributed by atoms with van der Waals surface area (Å²) in [6, 6.07) is 3.52. The molecule has 0 bridgehead atoms. The number of carbonyl (C=O) groups excluding carboxylic acids is 2. The van der Waals surface area contributed by atoms with Crippen LogP contribution in [0.3, 0.4) is 0 Å². The van der Waals surface area contributed by atoms with Gasteiger partial charge in [-0.25, -0.2) is 9.78 Å². The summed E-state index contributed by atoms with van der Waals surface area (Å²) in [7, 11) is 3.22. The molecule has 0 atom stereocenters. The van der Waals surface area contributed by atoms with Crippen LogP contribution < -0.4 is 4.90 Å². The zero-order valence-electron chi connectivity index (χ0n) is 10.6. The van der Waals surface area contributed by atoms with E-state index in [4.69, 9.17) is 0 Å². The number of likely N-dealkylation sites (N-methyl/N-ethyl adjacent to an activating group) is 1. The number of pyridine rings is 1. The van der Waals surface area contributed by atoms with E-state index in [0.717, 1.165) is 11.3 Å². The van der Waals surface area contributed by atoms with Gasteiger partial charge in [0.15, 0.2) is 0 Å². The SMILES string of the molecule is Cc1cc(C)nc(N(C)C(=O)N(C)CC=O)c1. The first kappa shape index (κ1) is 13.2. The molecular formula is C12H17N3O2. The van der Waals surface area contributed by atoms with Gasteiger partial charge in [0.1, 0.15) is 12.1 Å². The van der Waals surface area contributed by atoms with Gasteiger partial charge in [0.05, 0.1) is 6.54 Å². The molecule has 5 heteroatoms. The average molecular weight is 235 g/mol. The van der Waals surface area contributed by atoms with Crippen molar-refractivity contribution in [3.05, 3.63) is 23.4 Å². The van der Waals surface area contributed by atoms with Crippen LogP contribution in [0.1, 0.15) is 11.3 Å². The number of aromatic nitrogens is 1. The lowest BCUT2D eigenvalue weighted by Gasteiger charge is -2.23. The summed E-state index contributed by atoms with van der Waals surface area (Å²) in [5.41, 5.74) is 1.91. The molecule has 0 aliphatic carbocycles. The Balaban J connectivity index is 2.91. The Morgan fingerprint density at radius 1 is 1.35 bits per heavy atom. The molecule has 0 saturated heterocycles. The summed E-state index contributed by atoms with van der Waals surface area (Å²) in [6.45, 7) is 3.91. The van der Waals surface area contributed by atoms with Crippen LogP contribution in [0.5, 0.6) is 0 Å². The van der Waals surface area contributed by atoms with Crippen LogP contribution in [0.2, 0.25) is 0 Å². The summed E-state index contributed by atoms with van der Waals surface area (Å²) in [4.78, 5) is 29.3. The van der Waals surface area contributed by atoms with Crippen molar-refractivity contribution in [2.45, 2.75) is 13.8 Å². The van der Waals surface area contributed by atoms with Gasteiger partial charge in [0.2, 0.25) is 0 Å². The highest BCUT2D eigenvalue weighted by molar-refractivity contribution is 5.91. The molecule has 0 fully saturated rings. The molecule has 2 amide bonds. The van der Waals surface area contributed by atoms with E-state index < -0.39 is 0 Å². The van der Waals surface area contributed by atoms with E-state index >= 15 is 0 Å². The normalized spacial score (nSPS) is 9.88. The van der Waals surface area contributed by atoms with Gasteiger partial charge in [-0.1, -0.05) is 0 Å². The predicted molar refractivity (Wildman–Crippen MR) is 66.2 cm³/mol. The van der Waals surface area contributed by atoms with Crippen molar-refractivity contribution in [3.8, 4) is 0 Å². The van der Waals surface area contributed by atoms with Crippen LogP contribution in [0.25, 0.3) is 0 Å². The number of nitrogens with zero attached hydrogens (tertiary/aromatic N) is 3. The minimum absolute atomic E-state index is 0.0774. The summed E-state index contributed by atoms with van der Waals surface area (Å²) >= 11 is 0. The Kier molecular flexibility index (Phi) is 4.20. The van der Waals surface area contributed by atoms with Gasteiger partial charge in [0, 0.05) is 19.8 Å². The topological polar surface area (TPSA) is 53.5 Å². The molecule has 1 heterocycles. The molecule has 0 aromatic carbocycles. The highest BCUT2D eigenvalue weighted by atomic mass is 16.2. The smallest absolute Gasteiger partial charge is 0.320 e. The fraction of sp³-hybridized carbons (Fsp3) is 0.417. The quantitative estimate of drug-likeness (QED) is 0.744. The number of hydrogen-bond donors (Lipinski definition) is 0. The zero-order chi connectivity index (χ0) is 13.0. The van der Waals surface area contributed by atoms with Crippen molar-refractivity contribution < 1.29 is 9.59 Å². The molecule has 1 rings (SSSR count). The third kappa shape index (κ3) is 3.27. The van der Waals surface area contributed by atoms with Crippen molar-refractivity contribution in [1.29, 1.82) is 0 Å². The molecule has 0 radical (unpaired) electrons. The molecule has 5 nitrogen and oxygen atoms in total. The average Bonchev–Trinajstić information content (AvgIpc) is 2.26. The molecule has 0 N–H and O–H groups in total. The molecule has 1 aromatic rings. The van der Waals surface area contributed by atoms with Gasteiger partial charge in [-0.3, -0.25) is 4.90 Å². The molecule has 1 aromatic heterocycles. The van der Waals surface area contributed by atoms with Crippen molar-refractivity contribution in [2.24, 2.45) is 0 Å². The Hall–Kier alpha value is -1.91. The van der Waals surface area contributed by atoms with Gasteiger partial charge in [-0.15, -0.1) is 0 Å². The lowest BCUT2D eigenvalue weighted by Crippen LogP contribution is -2.40. The largest absolute Gasteiger partial charge is 0.325 e. The third-order valence-corrected chi connectivity index (χ3v) is 2.39. The fourth-order valence-electron chi connectivity index (χ4n) is 1.54. The Morgan fingerprint density at radius 3 is 2.53 bits per heavy atom. The fourth-order valence-corrected chi connectivity index (χ4v) is 1.54. The van der Waals surface area contributed by atoms with Crippen molar-refractivity contribution in [2.75, 3.05) is 25.5 Å². The summed E-state index contributed by atoms with van der Waals surface area (Å²) < 4.78 is 0. The second-order valence-electron chi connectivity index (χ2n) is 4.03. The first-order chi connectivity index (χ1) is 7.95. The number of carbonyl (C=O) groups is 2. The Labute approximate surface area is 101 Å². The van der Waals surface area contributed by atoms with E-state index in [1.165, 1.54) is 9.80 Å².